The molecule has 0 N–H and O–H groups in total. The number of nitro benzene ring substituents is 1. The van der Waals surface area contributed by atoms with Gasteiger partial charge >= 0.3 is 0 Å². The average Bonchev–Trinajstić information content (AvgIpc) is 2.04. The third kappa shape index (κ3) is 1.76. The van der Waals surface area contributed by atoms with Crippen LogP contribution in [-0.2, 0) is 0 Å². The quantitative estimate of drug-likeness (QED) is 0.402. The van der Waals surface area contributed by atoms with Gasteiger partial charge in [0.25, 0.3) is 5.69 Å². The highest BCUT2D eigenvalue weighted by molar-refractivity contribution is 7.98. The van der Waals surface area contributed by atoms with Gasteiger partial charge in [-0.1, -0.05) is 6.07 Å². The van der Waals surface area contributed by atoms with Crippen molar-refractivity contribution in [2.75, 3.05) is 6.26 Å². The Bertz CT molecular complexity index is 312. The molecule has 0 fully saturated rings. The SMILES string of the molecule is CSc1ccc(C)cc1[N+](=O)[O-]. The van der Waals surface area contributed by atoms with E-state index in [1.807, 2.05) is 19.2 Å². The minimum Gasteiger partial charge on any atom is -0.258 e. The fourth-order valence-corrected chi connectivity index (χ4v) is 1.49. The van der Waals surface area contributed by atoms with E-state index in [0.29, 0.717) is 4.90 Å². The molecule has 0 bridgehead atoms. The van der Waals surface area contributed by atoms with E-state index in [4.69, 9.17) is 0 Å². The molecule has 12 heavy (non-hydrogen) atoms. The molecule has 0 saturated heterocycles. The maximum atomic E-state index is 10.5. The van der Waals surface area contributed by atoms with Crippen molar-refractivity contribution in [1.29, 1.82) is 0 Å². The molecule has 64 valence electrons. The molecule has 1 aromatic rings. The van der Waals surface area contributed by atoms with Gasteiger partial charge in [0.2, 0.25) is 0 Å². The third-order valence-electron chi connectivity index (χ3n) is 1.53. The molecule has 3 nitrogen and oxygen atoms in total. The van der Waals surface area contributed by atoms with Crippen molar-refractivity contribution >= 4 is 17.4 Å². The number of aryl methyl sites for hydroxylation is 1. The second-order valence-corrected chi connectivity index (χ2v) is 3.28. The summed E-state index contributed by atoms with van der Waals surface area (Å²) in [6, 6.07) is 5.24. The predicted molar refractivity (Wildman–Crippen MR) is 49.6 cm³/mol. The van der Waals surface area contributed by atoms with E-state index < -0.39 is 0 Å². The fraction of sp³-hybridized carbons (Fsp3) is 0.250. The lowest BCUT2D eigenvalue weighted by atomic mass is 10.2. The van der Waals surface area contributed by atoms with Gasteiger partial charge < -0.3 is 0 Å². The van der Waals surface area contributed by atoms with E-state index in [9.17, 15) is 10.1 Å². The van der Waals surface area contributed by atoms with E-state index in [0.717, 1.165) is 5.56 Å². The minimum absolute atomic E-state index is 0.197. The molecular weight excluding hydrogens is 174 g/mol. The van der Waals surface area contributed by atoms with Gasteiger partial charge in [-0.3, -0.25) is 10.1 Å². The van der Waals surface area contributed by atoms with Crippen molar-refractivity contribution in [3.8, 4) is 0 Å². The van der Waals surface area contributed by atoms with E-state index >= 15 is 0 Å². The lowest BCUT2D eigenvalue weighted by molar-refractivity contribution is -0.387. The van der Waals surface area contributed by atoms with Crippen LogP contribution >= 0.6 is 11.8 Å². The van der Waals surface area contributed by atoms with Gasteiger partial charge in [-0.25, -0.2) is 0 Å². The van der Waals surface area contributed by atoms with Crippen molar-refractivity contribution in [2.24, 2.45) is 0 Å². The number of nitro groups is 1. The maximum absolute atomic E-state index is 10.5. The van der Waals surface area contributed by atoms with Gasteiger partial charge in [-0.15, -0.1) is 11.8 Å². The largest absolute Gasteiger partial charge is 0.283 e. The Hall–Kier alpha value is -1.03. The Morgan fingerprint density at radius 3 is 2.67 bits per heavy atom. The van der Waals surface area contributed by atoms with Gasteiger partial charge in [0.15, 0.2) is 0 Å². The molecule has 0 aliphatic rings. The summed E-state index contributed by atoms with van der Waals surface area (Å²) in [5.41, 5.74) is 1.11. The van der Waals surface area contributed by atoms with Gasteiger partial charge in [-0.2, -0.15) is 0 Å². The molecule has 1 aromatic carbocycles. The summed E-state index contributed by atoms with van der Waals surface area (Å²) in [5, 5.41) is 10.5. The second-order valence-electron chi connectivity index (χ2n) is 2.43. The van der Waals surface area contributed by atoms with E-state index in [-0.39, 0.29) is 10.6 Å². The molecule has 0 unspecified atom stereocenters. The van der Waals surface area contributed by atoms with Crippen LogP contribution in [0.1, 0.15) is 5.56 Å². The zero-order valence-corrected chi connectivity index (χ0v) is 7.72. The summed E-state index contributed by atoms with van der Waals surface area (Å²) in [7, 11) is 0. The van der Waals surface area contributed by atoms with Gasteiger partial charge in [0.1, 0.15) is 0 Å². The Morgan fingerprint density at radius 2 is 2.17 bits per heavy atom. The summed E-state index contributed by atoms with van der Waals surface area (Å²) in [6.45, 7) is 1.84. The van der Waals surface area contributed by atoms with Crippen LogP contribution in [0.2, 0.25) is 0 Å². The molecule has 0 spiro atoms. The molecule has 0 aliphatic carbocycles. The monoisotopic (exact) mass is 183 g/mol. The zero-order chi connectivity index (χ0) is 9.14. The molecule has 0 radical (unpaired) electrons. The Balaban J connectivity index is 3.21. The zero-order valence-electron chi connectivity index (χ0n) is 6.90. The predicted octanol–water partition coefficient (Wildman–Crippen LogP) is 2.63. The number of benzene rings is 1. The smallest absolute Gasteiger partial charge is 0.258 e. The van der Waals surface area contributed by atoms with Crippen LogP contribution in [-0.4, -0.2) is 11.2 Å². The van der Waals surface area contributed by atoms with E-state index in [1.165, 1.54) is 11.8 Å². The number of rotatable bonds is 2. The lowest BCUT2D eigenvalue weighted by Gasteiger charge is -1.99. The first-order valence-electron chi connectivity index (χ1n) is 3.44. The normalized spacial score (nSPS) is 9.83. The summed E-state index contributed by atoms with van der Waals surface area (Å²) in [5.74, 6) is 0. The molecule has 0 atom stereocenters. The fourth-order valence-electron chi connectivity index (χ4n) is 0.943. The molecule has 0 saturated carbocycles. The van der Waals surface area contributed by atoms with Crippen molar-refractivity contribution in [2.45, 2.75) is 11.8 Å². The third-order valence-corrected chi connectivity index (χ3v) is 2.32. The second kappa shape index (κ2) is 3.58. The topological polar surface area (TPSA) is 43.1 Å². The van der Waals surface area contributed by atoms with Crippen LogP contribution in [0, 0.1) is 17.0 Å². The highest BCUT2D eigenvalue weighted by Crippen LogP contribution is 2.27. The Labute approximate surface area is 74.9 Å². The van der Waals surface area contributed by atoms with Crippen molar-refractivity contribution < 1.29 is 4.92 Å². The van der Waals surface area contributed by atoms with E-state index in [1.54, 1.807) is 12.1 Å². The average molecular weight is 183 g/mol. The van der Waals surface area contributed by atoms with Crippen LogP contribution in [0.3, 0.4) is 0 Å². The number of thioether (sulfide) groups is 1. The first-order chi connectivity index (χ1) is 5.65. The summed E-state index contributed by atoms with van der Waals surface area (Å²) < 4.78 is 0. The summed E-state index contributed by atoms with van der Waals surface area (Å²) >= 11 is 1.39. The molecule has 1 rings (SSSR count). The molecular formula is C8H9NO2S. The summed E-state index contributed by atoms with van der Waals surface area (Å²) in [6.07, 6.45) is 1.83. The Kier molecular flexibility index (Phi) is 2.70. The molecule has 4 heteroatoms. The highest BCUT2D eigenvalue weighted by atomic mass is 32.2. The van der Waals surface area contributed by atoms with Gasteiger partial charge in [-0.05, 0) is 24.8 Å². The molecule has 0 heterocycles. The van der Waals surface area contributed by atoms with Gasteiger partial charge in [0.05, 0.1) is 9.82 Å². The van der Waals surface area contributed by atoms with Crippen LogP contribution in [0.25, 0.3) is 0 Å². The maximum Gasteiger partial charge on any atom is 0.283 e. The molecule has 0 aliphatic heterocycles. The van der Waals surface area contributed by atoms with Crippen LogP contribution < -0.4 is 0 Å². The van der Waals surface area contributed by atoms with Crippen LogP contribution in [0.5, 0.6) is 0 Å². The number of hydrogen-bond acceptors (Lipinski definition) is 3. The first kappa shape index (κ1) is 9.06. The van der Waals surface area contributed by atoms with Crippen LogP contribution in [0.4, 0.5) is 5.69 Å². The highest BCUT2D eigenvalue weighted by Gasteiger charge is 2.11. The first-order valence-corrected chi connectivity index (χ1v) is 4.66. The number of hydrogen-bond donors (Lipinski definition) is 0. The minimum atomic E-state index is -0.348. The van der Waals surface area contributed by atoms with Gasteiger partial charge in [0, 0.05) is 6.07 Å². The number of nitrogens with zero attached hydrogens (tertiary/aromatic N) is 1. The van der Waals surface area contributed by atoms with Crippen molar-refractivity contribution in [3.05, 3.63) is 33.9 Å². The van der Waals surface area contributed by atoms with Crippen molar-refractivity contribution in [1.82, 2.24) is 0 Å². The Morgan fingerprint density at radius 1 is 1.50 bits per heavy atom. The van der Waals surface area contributed by atoms with Crippen molar-refractivity contribution in [3.63, 3.8) is 0 Å². The summed E-state index contributed by atoms with van der Waals surface area (Å²) in [4.78, 5) is 10.9. The lowest BCUT2D eigenvalue weighted by Crippen LogP contribution is -1.90. The van der Waals surface area contributed by atoms with Crippen LogP contribution in [0.15, 0.2) is 23.1 Å². The molecule has 0 amide bonds. The molecule has 0 aromatic heterocycles. The standard InChI is InChI=1S/C8H9NO2S/c1-6-3-4-8(12-2)7(5-6)9(10)11/h3-5H,1-2H3. The van der Waals surface area contributed by atoms with E-state index in [2.05, 4.69) is 0 Å².